The predicted octanol–water partition coefficient (Wildman–Crippen LogP) is 5.87. The van der Waals surface area contributed by atoms with Crippen molar-refractivity contribution in [2.45, 2.75) is 52.0 Å². The Morgan fingerprint density at radius 3 is 1.86 bits per heavy atom. The van der Waals surface area contributed by atoms with Crippen LogP contribution in [0, 0.1) is 13.8 Å². The van der Waals surface area contributed by atoms with Gasteiger partial charge in [-0.1, -0.05) is 24.3 Å². The van der Waals surface area contributed by atoms with Gasteiger partial charge in [0.1, 0.15) is 17.4 Å². The van der Waals surface area contributed by atoms with Crippen LogP contribution < -0.4 is 10.6 Å². The van der Waals surface area contributed by atoms with E-state index in [-0.39, 0.29) is 12.2 Å². The van der Waals surface area contributed by atoms with Crippen molar-refractivity contribution in [3.8, 4) is 11.1 Å². The van der Waals surface area contributed by atoms with Crippen molar-refractivity contribution < 1.29 is 10.2 Å². The van der Waals surface area contributed by atoms with Gasteiger partial charge in [0.2, 0.25) is 0 Å². The molecule has 0 amide bonds. The lowest BCUT2D eigenvalue weighted by molar-refractivity contribution is 0.174. The van der Waals surface area contributed by atoms with Crippen LogP contribution in [-0.2, 0) is 13.1 Å². The Morgan fingerprint density at radius 1 is 0.680 bits per heavy atom. The number of hydrogen-bond acceptors (Lipinski definition) is 11. The third-order valence-electron chi connectivity index (χ3n) is 9.96. The summed E-state index contributed by atoms with van der Waals surface area (Å²) < 4.78 is 0. The molecule has 0 spiro atoms. The summed E-state index contributed by atoms with van der Waals surface area (Å²) in [4.78, 5) is 27.8. The average molecular weight is 668 g/mol. The van der Waals surface area contributed by atoms with Crippen molar-refractivity contribution in [2.75, 3.05) is 36.8 Å². The second-order valence-electron chi connectivity index (χ2n) is 13.6. The molecular weight excluding hydrogens is 626 g/mol. The molecule has 0 saturated carbocycles. The second kappa shape index (κ2) is 13.7. The van der Waals surface area contributed by atoms with E-state index in [0.717, 1.165) is 100 Å². The number of β-amino-alcohol motifs (C(OH)–C–C–N with tert-alkyl or cyclic N) is 2. The molecule has 4 N–H and O–H groups in total. The van der Waals surface area contributed by atoms with Gasteiger partial charge < -0.3 is 20.8 Å². The number of fused-ring (bicyclic) bond motifs is 2. The summed E-state index contributed by atoms with van der Waals surface area (Å²) in [5.41, 5.74) is 10.8. The highest BCUT2D eigenvalue weighted by molar-refractivity contribution is 5.92. The van der Waals surface area contributed by atoms with Crippen molar-refractivity contribution in [2.24, 2.45) is 0 Å². The van der Waals surface area contributed by atoms with Crippen LogP contribution in [0.3, 0.4) is 0 Å². The van der Waals surface area contributed by atoms with E-state index in [0.29, 0.717) is 30.2 Å². The fourth-order valence-corrected chi connectivity index (χ4v) is 7.26. The highest BCUT2D eigenvalue weighted by Crippen LogP contribution is 2.36. The molecule has 2 aliphatic rings. The van der Waals surface area contributed by atoms with Gasteiger partial charge in [0.25, 0.3) is 0 Å². The lowest BCUT2D eigenvalue weighted by Gasteiger charge is -2.18. The fourth-order valence-electron chi connectivity index (χ4n) is 7.26. The van der Waals surface area contributed by atoms with Crippen LogP contribution in [0.1, 0.15) is 35.1 Å². The maximum atomic E-state index is 9.92. The first-order valence-corrected chi connectivity index (χ1v) is 17.3. The average Bonchev–Trinajstić information content (AvgIpc) is 3.73. The molecule has 2 unspecified atom stereocenters. The maximum absolute atomic E-state index is 9.92. The fraction of sp³-hybridized carbons (Fsp3) is 0.308. The number of nitrogens with one attached hydrogen (secondary N) is 2. The third kappa shape index (κ3) is 6.60. The van der Waals surface area contributed by atoms with E-state index in [1.165, 1.54) is 0 Å². The molecule has 6 aromatic rings. The molecular formula is C39H41N9O2. The minimum atomic E-state index is -0.252. The molecule has 11 nitrogen and oxygen atoms in total. The molecule has 11 heteroatoms. The smallest absolute Gasteiger partial charge is 0.160 e. The number of hydrogen-bond donors (Lipinski definition) is 4. The number of pyridine rings is 3. The van der Waals surface area contributed by atoms with Crippen molar-refractivity contribution in [3.63, 3.8) is 0 Å². The molecule has 2 fully saturated rings. The zero-order valence-corrected chi connectivity index (χ0v) is 28.3. The molecule has 6 heterocycles. The molecule has 8 rings (SSSR count). The number of benzene rings is 2. The molecule has 2 saturated heterocycles. The molecule has 2 aliphatic heterocycles. The zero-order chi connectivity index (χ0) is 34.2. The first-order chi connectivity index (χ1) is 24.4. The first kappa shape index (κ1) is 32.2. The van der Waals surface area contributed by atoms with E-state index in [2.05, 4.69) is 97.8 Å². The topological polar surface area (TPSA) is 135 Å². The number of aromatic nitrogens is 5. The van der Waals surface area contributed by atoms with Crippen LogP contribution in [0.4, 0.5) is 23.0 Å². The Bertz CT molecular complexity index is 2040. The summed E-state index contributed by atoms with van der Waals surface area (Å²) in [7, 11) is 0. The largest absolute Gasteiger partial charge is 0.392 e. The molecule has 2 aromatic carbocycles. The van der Waals surface area contributed by atoms with E-state index < -0.39 is 0 Å². The van der Waals surface area contributed by atoms with Crippen LogP contribution in [0.15, 0.2) is 79.5 Å². The van der Waals surface area contributed by atoms with Gasteiger partial charge in [-0.15, -0.1) is 0 Å². The van der Waals surface area contributed by atoms with E-state index in [9.17, 15) is 10.2 Å². The van der Waals surface area contributed by atoms with Crippen LogP contribution in [0.25, 0.3) is 33.1 Å². The predicted molar refractivity (Wildman–Crippen MR) is 197 cm³/mol. The molecule has 254 valence electrons. The second-order valence-corrected chi connectivity index (χ2v) is 13.6. The number of rotatable bonds is 9. The zero-order valence-electron chi connectivity index (χ0n) is 28.3. The number of likely N-dealkylation sites (tertiary alicyclic amines) is 2. The highest BCUT2D eigenvalue weighted by atomic mass is 16.3. The van der Waals surface area contributed by atoms with Gasteiger partial charge >= 0.3 is 0 Å². The van der Waals surface area contributed by atoms with Crippen LogP contribution in [0.2, 0.25) is 0 Å². The monoisotopic (exact) mass is 667 g/mol. The number of anilines is 4. The lowest BCUT2D eigenvalue weighted by atomic mass is 9.94. The quantitative estimate of drug-likeness (QED) is 0.147. The maximum Gasteiger partial charge on any atom is 0.160 e. The third-order valence-corrected chi connectivity index (χ3v) is 9.96. The molecule has 2 atom stereocenters. The summed E-state index contributed by atoms with van der Waals surface area (Å²) in [5.74, 6) is 1.36. The standard InChI is InChI=1S/C39H41N9O2/c1-24-31(5-3-7-33(24)45-38-36-28(9-12-40-38)15-26(17-41-36)19-47-13-10-29(49)21-47)32-6-4-8-34(25(32)2)46-39-37-35(43-23-44-39)16-27(18-42-37)20-48-14-11-30(50)22-48/h3-9,12,15-18,23,29-30,49-50H,10-11,13-14,19-22H2,1-2H3,(H,40,45)(H,43,44,46). The molecule has 0 aliphatic carbocycles. The van der Waals surface area contributed by atoms with Crippen molar-refractivity contribution >= 4 is 44.9 Å². The Balaban J connectivity index is 1.03. The number of nitrogens with zero attached hydrogens (tertiary/aromatic N) is 7. The Morgan fingerprint density at radius 2 is 1.26 bits per heavy atom. The number of aliphatic hydroxyl groups is 2. The van der Waals surface area contributed by atoms with E-state index in [1.54, 1.807) is 6.33 Å². The summed E-state index contributed by atoms with van der Waals surface area (Å²) in [5, 5.41) is 28.0. The van der Waals surface area contributed by atoms with Crippen LogP contribution in [0.5, 0.6) is 0 Å². The first-order valence-electron chi connectivity index (χ1n) is 17.3. The summed E-state index contributed by atoms with van der Waals surface area (Å²) in [6.07, 6.45) is 8.33. The summed E-state index contributed by atoms with van der Waals surface area (Å²) >= 11 is 0. The van der Waals surface area contributed by atoms with Gasteiger partial charge in [0.05, 0.1) is 17.7 Å². The van der Waals surface area contributed by atoms with Gasteiger partial charge in [-0.25, -0.2) is 15.0 Å². The summed E-state index contributed by atoms with van der Waals surface area (Å²) in [6, 6.07) is 18.8. The summed E-state index contributed by atoms with van der Waals surface area (Å²) in [6.45, 7) is 8.93. The SMILES string of the molecule is Cc1c(Nc2nccc3cc(CN4CCC(O)C4)cnc23)cccc1-c1cccc(Nc2ncnc3cc(CN4CCC(O)C4)cnc23)c1C. The van der Waals surface area contributed by atoms with Crippen LogP contribution >= 0.6 is 0 Å². The van der Waals surface area contributed by atoms with Crippen molar-refractivity contribution in [1.82, 2.24) is 34.7 Å². The van der Waals surface area contributed by atoms with Gasteiger partial charge in [-0.05, 0) is 90.4 Å². The van der Waals surface area contributed by atoms with E-state index in [1.807, 2.05) is 24.7 Å². The van der Waals surface area contributed by atoms with E-state index in [4.69, 9.17) is 9.97 Å². The van der Waals surface area contributed by atoms with Gasteiger partial charge in [-0.3, -0.25) is 19.8 Å². The van der Waals surface area contributed by atoms with Crippen molar-refractivity contribution in [3.05, 3.63) is 102 Å². The lowest BCUT2D eigenvalue weighted by Crippen LogP contribution is -2.21. The van der Waals surface area contributed by atoms with Crippen LogP contribution in [-0.4, -0.2) is 83.3 Å². The van der Waals surface area contributed by atoms with Gasteiger partial charge in [0, 0.05) is 74.6 Å². The Labute approximate surface area is 291 Å². The molecule has 0 radical (unpaired) electrons. The molecule has 50 heavy (non-hydrogen) atoms. The van der Waals surface area contributed by atoms with Gasteiger partial charge in [0.15, 0.2) is 11.6 Å². The minimum absolute atomic E-state index is 0.239. The van der Waals surface area contributed by atoms with Crippen molar-refractivity contribution in [1.29, 1.82) is 0 Å². The molecule has 0 bridgehead atoms. The number of aliphatic hydroxyl groups excluding tert-OH is 2. The van der Waals surface area contributed by atoms with Gasteiger partial charge in [-0.2, -0.15) is 0 Å². The minimum Gasteiger partial charge on any atom is -0.392 e. The Kier molecular flexibility index (Phi) is 8.80. The highest BCUT2D eigenvalue weighted by Gasteiger charge is 2.22. The van der Waals surface area contributed by atoms with E-state index >= 15 is 0 Å². The normalized spacial score (nSPS) is 18.3. The Hall–Kier alpha value is -5.07. The molecule has 4 aromatic heterocycles.